The average molecular weight is 259 g/mol. The lowest BCUT2D eigenvalue weighted by atomic mass is 10.2. The molecular formula is C9H5BrClNO. The highest BCUT2D eigenvalue weighted by molar-refractivity contribution is 9.10. The number of rotatable bonds is 0. The second-order valence-corrected chi connectivity index (χ2v) is 3.53. The van der Waals surface area contributed by atoms with Crippen LogP contribution in [-0.4, -0.2) is 5.91 Å². The molecule has 0 saturated carbocycles. The van der Waals surface area contributed by atoms with Gasteiger partial charge in [0.25, 0.3) is 5.91 Å². The van der Waals surface area contributed by atoms with Crippen LogP contribution in [0.5, 0.6) is 0 Å². The van der Waals surface area contributed by atoms with Crippen molar-refractivity contribution in [2.75, 3.05) is 0 Å². The van der Waals surface area contributed by atoms with Crippen LogP contribution in [0, 0.1) is 11.8 Å². The molecular weight excluding hydrogens is 253 g/mol. The molecule has 1 amide bonds. The first-order chi connectivity index (χ1) is 6.09. The molecule has 0 radical (unpaired) electrons. The van der Waals surface area contributed by atoms with Crippen molar-refractivity contribution < 1.29 is 4.79 Å². The van der Waals surface area contributed by atoms with Crippen molar-refractivity contribution in [3.8, 4) is 11.8 Å². The highest BCUT2D eigenvalue weighted by atomic mass is 79.9. The first-order valence-electron chi connectivity index (χ1n) is 3.36. The van der Waals surface area contributed by atoms with Crippen molar-refractivity contribution in [1.82, 2.24) is 0 Å². The molecule has 1 aromatic carbocycles. The summed E-state index contributed by atoms with van der Waals surface area (Å²) in [4.78, 5) is 10.4. The van der Waals surface area contributed by atoms with Crippen LogP contribution in [0.3, 0.4) is 0 Å². The Labute approximate surface area is 89.2 Å². The molecule has 2 N–H and O–H groups in total. The van der Waals surface area contributed by atoms with Crippen molar-refractivity contribution in [2.45, 2.75) is 0 Å². The van der Waals surface area contributed by atoms with Crippen molar-refractivity contribution in [2.24, 2.45) is 5.73 Å². The maximum Gasteiger partial charge on any atom is 0.293 e. The van der Waals surface area contributed by atoms with E-state index in [1.807, 2.05) is 0 Å². The predicted octanol–water partition coefficient (Wildman–Crippen LogP) is 1.94. The Balaban J connectivity index is 3.05. The van der Waals surface area contributed by atoms with Crippen LogP contribution in [0.15, 0.2) is 22.7 Å². The Morgan fingerprint density at radius 2 is 2.23 bits per heavy atom. The second-order valence-electron chi connectivity index (χ2n) is 2.24. The molecule has 0 aliphatic rings. The molecule has 0 saturated heterocycles. The molecule has 0 spiro atoms. The summed E-state index contributed by atoms with van der Waals surface area (Å²) in [5, 5.41) is 0.608. The van der Waals surface area contributed by atoms with Crippen LogP contribution in [0.2, 0.25) is 5.02 Å². The zero-order valence-electron chi connectivity index (χ0n) is 6.47. The summed E-state index contributed by atoms with van der Waals surface area (Å²) >= 11 is 8.97. The van der Waals surface area contributed by atoms with E-state index >= 15 is 0 Å². The number of hydrogen-bond acceptors (Lipinski definition) is 1. The van der Waals surface area contributed by atoms with Gasteiger partial charge in [0.2, 0.25) is 0 Å². The van der Waals surface area contributed by atoms with Gasteiger partial charge in [0.05, 0.1) is 0 Å². The molecule has 2 nitrogen and oxygen atoms in total. The van der Waals surface area contributed by atoms with Gasteiger partial charge < -0.3 is 5.73 Å². The van der Waals surface area contributed by atoms with Crippen molar-refractivity contribution in [1.29, 1.82) is 0 Å². The Hall–Kier alpha value is -0.980. The molecule has 66 valence electrons. The number of nitrogens with two attached hydrogens (primary N) is 1. The maximum atomic E-state index is 10.4. The fraction of sp³-hybridized carbons (Fsp3) is 0. The number of benzene rings is 1. The van der Waals surface area contributed by atoms with E-state index in [0.717, 1.165) is 4.47 Å². The molecule has 4 heteroatoms. The topological polar surface area (TPSA) is 43.1 Å². The van der Waals surface area contributed by atoms with Crippen LogP contribution in [0.25, 0.3) is 0 Å². The lowest BCUT2D eigenvalue weighted by Crippen LogP contribution is -2.06. The molecule has 1 rings (SSSR count). The van der Waals surface area contributed by atoms with Gasteiger partial charge in [-0.1, -0.05) is 17.5 Å². The number of carbonyl (C=O) groups is 1. The summed E-state index contributed by atoms with van der Waals surface area (Å²) in [5.74, 6) is 4.20. The first kappa shape index (κ1) is 10.1. The molecule has 1 aromatic rings. The third kappa shape index (κ3) is 3.10. The highest BCUT2D eigenvalue weighted by Gasteiger charge is 1.96. The molecule has 13 heavy (non-hydrogen) atoms. The van der Waals surface area contributed by atoms with E-state index in [1.54, 1.807) is 18.2 Å². The van der Waals surface area contributed by atoms with Gasteiger partial charge in [-0.25, -0.2) is 0 Å². The fourth-order valence-corrected chi connectivity index (χ4v) is 1.50. The van der Waals surface area contributed by atoms with Crippen LogP contribution in [-0.2, 0) is 4.79 Å². The maximum absolute atomic E-state index is 10.4. The van der Waals surface area contributed by atoms with Gasteiger partial charge in [0.1, 0.15) is 0 Å². The minimum absolute atomic E-state index is 0.608. The Bertz CT molecular complexity index is 406. The molecule has 0 heterocycles. The average Bonchev–Trinajstić information content (AvgIpc) is 2.02. The molecule has 0 aromatic heterocycles. The summed E-state index contributed by atoms with van der Waals surface area (Å²) < 4.78 is 0.744. The fourth-order valence-electron chi connectivity index (χ4n) is 0.720. The summed E-state index contributed by atoms with van der Waals surface area (Å²) in [6.45, 7) is 0. The van der Waals surface area contributed by atoms with E-state index in [4.69, 9.17) is 17.3 Å². The van der Waals surface area contributed by atoms with E-state index in [0.29, 0.717) is 10.6 Å². The van der Waals surface area contributed by atoms with E-state index in [-0.39, 0.29) is 0 Å². The van der Waals surface area contributed by atoms with Gasteiger partial charge in [-0.3, -0.25) is 4.79 Å². The minimum Gasteiger partial charge on any atom is -0.359 e. The highest BCUT2D eigenvalue weighted by Crippen LogP contribution is 2.20. The van der Waals surface area contributed by atoms with Gasteiger partial charge in [-0.2, -0.15) is 0 Å². The number of primary amides is 1. The van der Waals surface area contributed by atoms with E-state index in [9.17, 15) is 4.79 Å². The van der Waals surface area contributed by atoms with Crippen molar-refractivity contribution >= 4 is 33.4 Å². The standard InChI is InChI=1S/C9H5BrClNO/c10-8-5-7(11)3-1-6(8)2-4-9(12)13/h1,3,5H,(H2,12,13). The van der Waals surface area contributed by atoms with Crippen molar-refractivity contribution in [3.05, 3.63) is 33.3 Å². The summed E-state index contributed by atoms with van der Waals surface area (Å²) in [6, 6.07) is 5.10. The largest absolute Gasteiger partial charge is 0.359 e. The number of hydrogen-bond donors (Lipinski definition) is 1. The van der Waals surface area contributed by atoms with Gasteiger partial charge in [0, 0.05) is 21.0 Å². The third-order valence-electron chi connectivity index (χ3n) is 1.25. The number of carbonyl (C=O) groups excluding carboxylic acids is 1. The molecule has 0 bridgehead atoms. The molecule has 0 atom stereocenters. The van der Waals surface area contributed by atoms with Crippen LogP contribution in [0.4, 0.5) is 0 Å². The third-order valence-corrected chi connectivity index (χ3v) is 2.14. The molecule has 0 fully saturated rings. The zero-order chi connectivity index (χ0) is 9.84. The van der Waals surface area contributed by atoms with Crippen LogP contribution < -0.4 is 5.73 Å². The lowest BCUT2D eigenvalue weighted by molar-refractivity contribution is -0.112. The Kier molecular flexibility index (Phi) is 3.35. The SMILES string of the molecule is NC(=O)C#Cc1ccc(Cl)cc1Br. The zero-order valence-corrected chi connectivity index (χ0v) is 8.82. The molecule has 0 unspecified atom stereocenters. The van der Waals surface area contributed by atoms with E-state index in [2.05, 4.69) is 27.8 Å². The van der Waals surface area contributed by atoms with Gasteiger partial charge in [-0.05, 0) is 34.1 Å². The van der Waals surface area contributed by atoms with Gasteiger partial charge in [0.15, 0.2) is 0 Å². The van der Waals surface area contributed by atoms with E-state index < -0.39 is 5.91 Å². The quantitative estimate of drug-likeness (QED) is 0.710. The van der Waals surface area contributed by atoms with Crippen molar-refractivity contribution in [3.63, 3.8) is 0 Å². The van der Waals surface area contributed by atoms with Gasteiger partial charge >= 0.3 is 0 Å². The van der Waals surface area contributed by atoms with Crippen LogP contribution >= 0.6 is 27.5 Å². The summed E-state index contributed by atoms with van der Waals surface area (Å²) in [6.07, 6.45) is 0. The van der Waals surface area contributed by atoms with Crippen LogP contribution in [0.1, 0.15) is 5.56 Å². The molecule has 0 aliphatic heterocycles. The lowest BCUT2D eigenvalue weighted by Gasteiger charge is -1.95. The second kappa shape index (κ2) is 4.31. The van der Waals surface area contributed by atoms with Gasteiger partial charge in [-0.15, -0.1) is 0 Å². The summed E-state index contributed by atoms with van der Waals surface area (Å²) in [7, 11) is 0. The number of amides is 1. The Morgan fingerprint density at radius 3 is 2.77 bits per heavy atom. The monoisotopic (exact) mass is 257 g/mol. The molecule has 0 aliphatic carbocycles. The van der Waals surface area contributed by atoms with E-state index in [1.165, 1.54) is 0 Å². The smallest absolute Gasteiger partial charge is 0.293 e. The summed E-state index contributed by atoms with van der Waals surface area (Å²) in [5.41, 5.74) is 5.55. The predicted molar refractivity (Wildman–Crippen MR) is 55.2 cm³/mol. The first-order valence-corrected chi connectivity index (χ1v) is 4.53. The minimum atomic E-state index is -0.651. The number of halogens is 2. The Morgan fingerprint density at radius 1 is 1.54 bits per heavy atom. The normalized spacial score (nSPS) is 8.77.